The van der Waals surface area contributed by atoms with Gasteiger partial charge in [0.25, 0.3) is 0 Å². The van der Waals surface area contributed by atoms with Crippen molar-refractivity contribution in [3.05, 3.63) is 34.7 Å². The van der Waals surface area contributed by atoms with E-state index in [0.717, 1.165) is 11.6 Å². The van der Waals surface area contributed by atoms with Crippen molar-refractivity contribution >= 4 is 18.7 Å². The standard InChI is InChI=1S/C10H9NO/c12-8-11-6-5-9-3-1-2-4-10(9)7-11/h1-5,7-8H,6H2. The van der Waals surface area contributed by atoms with Crippen LogP contribution in [0.25, 0.3) is 12.3 Å². The number of carbonyl (C=O) groups is 1. The Morgan fingerprint density at radius 1 is 1.25 bits per heavy atom. The molecule has 0 saturated carbocycles. The molecule has 0 atom stereocenters. The van der Waals surface area contributed by atoms with Crippen LogP contribution in [0.15, 0.2) is 24.3 Å². The first kappa shape index (κ1) is 7.10. The number of hydrogen-bond acceptors (Lipinski definition) is 1. The Balaban J connectivity index is 2.63. The zero-order valence-electron chi connectivity index (χ0n) is 6.60. The molecule has 0 N–H and O–H groups in total. The van der Waals surface area contributed by atoms with Crippen molar-refractivity contribution in [2.75, 3.05) is 6.54 Å². The summed E-state index contributed by atoms with van der Waals surface area (Å²) in [4.78, 5) is 12.1. The summed E-state index contributed by atoms with van der Waals surface area (Å²) in [6.45, 7) is 0.681. The van der Waals surface area contributed by atoms with Crippen LogP contribution in [0.5, 0.6) is 0 Å². The molecule has 0 spiro atoms. The highest BCUT2D eigenvalue weighted by atomic mass is 16.1. The molecule has 0 bridgehead atoms. The summed E-state index contributed by atoms with van der Waals surface area (Å²) < 4.78 is 0. The molecule has 60 valence electrons. The fourth-order valence-corrected chi connectivity index (χ4v) is 1.32. The average Bonchev–Trinajstić information content (AvgIpc) is 2.17. The van der Waals surface area contributed by atoms with Crippen LogP contribution < -0.4 is 10.4 Å². The van der Waals surface area contributed by atoms with Gasteiger partial charge in [-0.2, -0.15) is 0 Å². The van der Waals surface area contributed by atoms with E-state index in [9.17, 15) is 4.79 Å². The van der Waals surface area contributed by atoms with E-state index in [4.69, 9.17) is 0 Å². The molecule has 1 heterocycles. The van der Waals surface area contributed by atoms with Gasteiger partial charge in [-0.3, -0.25) is 4.79 Å². The third-order valence-electron chi connectivity index (χ3n) is 1.96. The van der Waals surface area contributed by atoms with Gasteiger partial charge in [-0.05, 0) is 10.4 Å². The fraction of sp³-hybridized carbons (Fsp3) is 0.100. The van der Waals surface area contributed by atoms with E-state index in [2.05, 4.69) is 0 Å². The summed E-state index contributed by atoms with van der Waals surface area (Å²) in [7, 11) is 0. The van der Waals surface area contributed by atoms with Crippen LogP contribution in [0, 0.1) is 0 Å². The minimum Gasteiger partial charge on any atom is -0.317 e. The third-order valence-corrected chi connectivity index (χ3v) is 1.96. The minimum atomic E-state index is 0.681. The highest BCUT2D eigenvalue weighted by Crippen LogP contribution is 1.88. The van der Waals surface area contributed by atoms with E-state index in [1.54, 1.807) is 4.90 Å². The predicted molar refractivity (Wildman–Crippen MR) is 47.4 cm³/mol. The molecular weight excluding hydrogens is 150 g/mol. The van der Waals surface area contributed by atoms with E-state index >= 15 is 0 Å². The molecular formula is C10H9NO. The van der Waals surface area contributed by atoms with Crippen LogP contribution in [0.3, 0.4) is 0 Å². The molecule has 1 amide bonds. The Hall–Kier alpha value is -1.57. The van der Waals surface area contributed by atoms with Gasteiger partial charge in [-0.15, -0.1) is 0 Å². The summed E-state index contributed by atoms with van der Waals surface area (Å²) in [6.07, 6.45) is 4.75. The Labute approximate surface area is 70.4 Å². The Morgan fingerprint density at radius 2 is 2.00 bits per heavy atom. The van der Waals surface area contributed by atoms with Crippen molar-refractivity contribution in [1.82, 2.24) is 4.90 Å². The number of amides is 1. The van der Waals surface area contributed by atoms with Gasteiger partial charge in [0.2, 0.25) is 6.41 Å². The van der Waals surface area contributed by atoms with Crippen molar-refractivity contribution < 1.29 is 4.79 Å². The molecule has 1 aromatic carbocycles. The summed E-state index contributed by atoms with van der Waals surface area (Å²) in [5, 5.41) is 2.31. The zero-order chi connectivity index (χ0) is 8.39. The summed E-state index contributed by atoms with van der Waals surface area (Å²) >= 11 is 0. The van der Waals surface area contributed by atoms with Crippen LogP contribution in [-0.2, 0) is 4.79 Å². The van der Waals surface area contributed by atoms with Crippen LogP contribution in [0.2, 0.25) is 0 Å². The van der Waals surface area contributed by atoms with E-state index in [0.29, 0.717) is 6.54 Å². The van der Waals surface area contributed by atoms with Gasteiger partial charge >= 0.3 is 0 Å². The van der Waals surface area contributed by atoms with Crippen molar-refractivity contribution in [2.24, 2.45) is 0 Å². The van der Waals surface area contributed by atoms with E-state index in [-0.39, 0.29) is 0 Å². The van der Waals surface area contributed by atoms with Crippen LogP contribution in [0.4, 0.5) is 0 Å². The molecule has 2 heteroatoms. The second-order valence-corrected chi connectivity index (χ2v) is 2.76. The second kappa shape index (κ2) is 2.81. The Bertz CT molecular complexity index is 408. The molecule has 0 unspecified atom stereocenters. The smallest absolute Gasteiger partial charge is 0.213 e. The second-order valence-electron chi connectivity index (χ2n) is 2.76. The maximum atomic E-state index is 10.4. The van der Waals surface area contributed by atoms with Gasteiger partial charge in [0, 0.05) is 12.7 Å². The van der Waals surface area contributed by atoms with Gasteiger partial charge in [-0.25, -0.2) is 0 Å². The lowest BCUT2D eigenvalue weighted by Gasteiger charge is -2.12. The normalized spacial score (nSPS) is 14.2. The SMILES string of the molecule is O=CN1C=c2ccccc2=CC1. The largest absolute Gasteiger partial charge is 0.317 e. The summed E-state index contributed by atoms with van der Waals surface area (Å²) in [5.41, 5.74) is 0. The first-order valence-corrected chi connectivity index (χ1v) is 3.88. The fourth-order valence-electron chi connectivity index (χ4n) is 1.32. The number of hydrogen-bond donors (Lipinski definition) is 0. The number of nitrogens with zero attached hydrogens (tertiary/aromatic N) is 1. The van der Waals surface area contributed by atoms with E-state index in [1.807, 2.05) is 36.5 Å². The van der Waals surface area contributed by atoms with Crippen LogP contribution in [0.1, 0.15) is 0 Å². The molecule has 2 nitrogen and oxygen atoms in total. The highest BCUT2D eigenvalue weighted by molar-refractivity contribution is 5.59. The van der Waals surface area contributed by atoms with Crippen molar-refractivity contribution in [3.8, 4) is 0 Å². The monoisotopic (exact) mass is 159 g/mol. The molecule has 1 aliphatic rings. The van der Waals surface area contributed by atoms with Gasteiger partial charge < -0.3 is 4.90 Å². The van der Waals surface area contributed by atoms with Gasteiger partial charge in [0.1, 0.15) is 0 Å². The number of fused-ring (bicyclic) bond motifs is 1. The molecule has 0 fully saturated rings. The molecule has 0 saturated heterocycles. The Morgan fingerprint density at radius 3 is 2.75 bits per heavy atom. The van der Waals surface area contributed by atoms with Gasteiger partial charge in [0.05, 0.1) is 0 Å². The zero-order valence-corrected chi connectivity index (χ0v) is 6.60. The molecule has 0 aliphatic carbocycles. The lowest BCUT2D eigenvalue weighted by Crippen LogP contribution is -2.34. The third kappa shape index (κ3) is 1.11. The molecule has 2 rings (SSSR count). The molecule has 12 heavy (non-hydrogen) atoms. The topological polar surface area (TPSA) is 20.3 Å². The van der Waals surface area contributed by atoms with Crippen LogP contribution >= 0.6 is 0 Å². The average molecular weight is 159 g/mol. The van der Waals surface area contributed by atoms with E-state index < -0.39 is 0 Å². The number of carbonyl (C=O) groups excluding carboxylic acids is 1. The van der Waals surface area contributed by atoms with Crippen molar-refractivity contribution in [3.63, 3.8) is 0 Å². The number of rotatable bonds is 1. The predicted octanol–water partition coefficient (Wildman–Crippen LogP) is -0.323. The summed E-state index contributed by atoms with van der Waals surface area (Å²) in [6, 6.07) is 8.02. The van der Waals surface area contributed by atoms with Crippen LogP contribution in [-0.4, -0.2) is 17.9 Å². The molecule has 0 radical (unpaired) electrons. The van der Waals surface area contributed by atoms with Crippen molar-refractivity contribution in [2.45, 2.75) is 0 Å². The Kier molecular flexibility index (Phi) is 1.67. The lowest BCUT2D eigenvalue weighted by molar-refractivity contribution is -0.114. The first-order valence-electron chi connectivity index (χ1n) is 3.88. The maximum absolute atomic E-state index is 10.4. The summed E-state index contributed by atoms with van der Waals surface area (Å²) in [5.74, 6) is 0. The molecule has 0 aromatic heterocycles. The van der Waals surface area contributed by atoms with Gasteiger partial charge in [0.15, 0.2) is 0 Å². The van der Waals surface area contributed by atoms with E-state index in [1.165, 1.54) is 5.22 Å². The maximum Gasteiger partial charge on any atom is 0.213 e. The highest BCUT2D eigenvalue weighted by Gasteiger charge is 1.98. The quantitative estimate of drug-likeness (QED) is 0.514. The van der Waals surface area contributed by atoms with Gasteiger partial charge in [-0.1, -0.05) is 30.3 Å². The van der Waals surface area contributed by atoms with Crippen molar-refractivity contribution in [1.29, 1.82) is 0 Å². The molecule has 1 aromatic rings. The minimum absolute atomic E-state index is 0.681. The lowest BCUT2D eigenvalue weighted by atomic mass is 10.2. The first-order chi connectivity index (χ1) is 5.90. The number of benzene rings is 1. The molecule has 1 aliphatic heterocycles.